The third-order valence-corrected chi connectivity index (χ3v) is 2.02. The monoisotopic (exact) mass is 191 g/mol. The Kier molecular flexibility index (Phi) is 9.96. The summed E-state index contributed by atoms with van der Waals surface area (Å²) in [5.41, 5.74) is 0. The van der Waals surface area contributed by atoms with Gasteiger partial charge in [-0.1, -0.05) is 27.7 Å². The van der Waals surface area contributed by atoms with Gasteiger partial charge in [-0.05, 0) is 0 Å². The van der Waals surface area contributed by atoms with Crippen molar-refractivity contribution in [2.75, 3.05) is 0 Å². The van der Waals surface area contributed by atoms with Crippen molar-refractivity contribution in [3.05, 3.63) is 16.6 Å². The molecule has 11 heavy (non-hydrogen) atoms. The van der Waals surface area contributed by atoms with Crippen molar-refractivity contribution in [1.82, 2.24) is 4.98 Å². The Morgan fingerprint density at radius 1 is 1.36 bits per heavy atom. The Balaban J connectivity index is 0. The van der Waals surface area contributed by atoms with E-state index in [9.17, 15) is 0 Å². The molecule has 1 aromatic rings. The van der Waals surface area contributed by atoms with Gasteiger partial charge in [0, 0.05) is 17.5 Å². The fourth-order valence-electron chi connectivity index (χ4n) is 0.520. The number of thiazole rings is 1. The van der Waals surface area contributed by atoms with Crippen molar-refractivity contribution in [1.29, 1.82) is 0 Å². The normalized spacial score (nSPS) is 8.09. The van der Waals surface area contributed by atoms with E-state index in [1.165, 1.54) is 5.01 Å². The average Bonchev–Trinajstić information content (AvgIpc) is 2.42. The summed E-state index contributed by atoms with van der Waals surface area (Å²) in [6, 6.07) is 0. The van der Waals surface area contributed by atoms with Crippen molar-refractivity contribution >= 4 is 24.8 Å². The molecule has 3 heteroatoms. The maximum Gasteiger partial charge on any atom is 0.0950 e. The smallest absolute Gasteiger partial charge is 0.0950 e. The molecule has 0 atom stereocenters. The first-order chi connectivity index (χ1) is 4.80. The summed E-state index contributed by atoms with van der Waals surface area (Å²) in [6.07, 6.45) is 1.85. The Morgan fingerprint density at radius 3 is 2.09 bits per heavy atom. The number of rotatable bonds is 1. The number of hydrogen-bond acceptors (Lipinski definition) is 2. The van der Waals surface area contributed by atoms with Crippen LogP contribution in [-0.4, -0.2) is 4.98 Å². The van der Waals surface area contributed by atoms with Gasteiger partial charge in [-0.3, -0.25) is 0 Å². The molecule has 1 aromatic heterocycles. The van der Waals surface area contributed by atoms with Crippen molar-refractivity contribution < 1.29 is 0 Å². The van der Waals surface area contributed by atoms with Crippen molar-refractivity contribution in [3.63, 3.8) is 0 Å². The molecule has 0 aliphatic rings. The van der Waals surface area contributed by atoms with Crippen LogP contribution in [0.2, 0.25) is 0 Å². The van der Waals surface area contributed by atoms with Gasteiger partial charge in [0.05, 0.1) is 5.01 Å². The van der Waals surface area contributed by atoms with Crippen molar-refractivity contribution in [3.8, 4) is 0 Å². The van der Waals surface area contributed by atoms with Crippen LogP contribution in [0, 0.1) is 0 Å². The molecule has 1 heterocycles. The molecule has 0 aliphatic heterocycles. The average molecular weight is 191 g/mol. The van der Waals surface area contributed by atoms with Crippen LogP contribution in [-0.2, 0) is 0 Å². The van der Waals surface area contributed by atoms with E-state index < -0.39 is 0 Å². The van der Waals surface area contributed by atoms with Gasteiger partial charge in [0.2, 0.25) is 0 Å². The van der Waals surface area contributed by atoms with E-state index in [2.05, 4.69) is 18.8 Å². The molecule has 66 valence electrons. The molecule has 0 aliphatic carbocycles. The van der Waals surface area contributed by atoms with Gasteiger partial charge in [0.15, 0.2) is 0 Å². The molecule has 0 unspecified atom stereocenters. The number of aromatic nitrogens is 1. The van der Waals surface area contributed by atoms with E-state index >= 15 is 0 Å². The molecule has 1 rings (SSSR count). The molecule has 0 radical (unpaired) electrons. The SMILES string of the molecule is CC.CC(C)c1nccs1.S. The lowest BCUT2D eigenvalue weighted by Gasteiger charge is -1.93. The van der Waals surface area contributed by atoms with Gasteiger partial charge in [0.1, 0.15) is 0 Å². The Hall–Kier alpha value is -0.0200. The van der Waals surface area contributed by atoms with Crippen LogP contribution in [0.4, 0.5) is 0 Å². The van der Waals surface area contributed by atoms with Crippen LogP contribution in [0.15, 0.2) is 11.6 Å². The maximum absolute atomic E-state index is 4.13. The summed E-state index contributed by atoms with van der Waals surface area (Å²) < 4.78 is 0. The first-order valence-corrected chi connectivity index (χ1v) is 4.58. The van der Waals surface area contributed by atoms with E-state index in [4.69, 9.17) is 0 Å². The first-order valence-electron chi connectivity index (χ1n) is 3.70. The van der Waals surface area contributed by atoms with E-state index in [1.54, 1.807) is 11.3 Å². The topological polar surface area (TPSA) is 12.9 Å². The van der Waals surface area contributed by atoms with E-state index in [0.29, 0.717) is 5.92 Å². The van der Waals surface area contributed by atoms with Crippen LogP contribution >= 0.6 is 24.8 Å². The van der Waals surface area contributed by atoms with Gasteiger partial charge in [-0.15, -0.1) is 11.3 Å². The third-order valence-electron chi connectivity index (χ3n) is 0.945. The summed E-state index contributed by atoms with van der Waals surface area (Å²) in [5, 5.41) is 3.24. The Labute approximate surface area is 80.3 Å². The molecule has 0 saturated heterocycles. The zero-order valence-electron chi connectivity index (χ0n) is 7.59. The van der Waals surface area contributed by atoms with Gasteiger partial charge >= 0.3 is 0 Å². The molecule has 0 spiro atoms. The van der Waals surface area contributed by atoms with Crippen LogP contribution in [0.1, 0.15) is 38.6 Å². The van der Waals surface area contributed by atoms with E-state index in [-0.39, 0.29) is 13.5 Å². The second-order valence-corrected chi connectivity index (χ2v) is 2.95. The summed E-state index contributed by atoms with van der Waals surface area (Å²) in [4.78, 5) is 4.13. The lowest BCUT2D eigenvalue weighted by atomic mass is 10.2. The molecular formula is C8H17NS2. The molecular weight excluding hydrogens is 174 g/mol. The molecule has 0 aromatic carbocycles. The van der Waals surface area contributed by atoms with Gasteiger partial charge in [-0.2, -0.15) is 13.5 Å². The highest BCUT2D eigenvalue weighted by atomic mass is 32.1. The summed E-state index contributed by atoms with van der Waals surface area (Å²) in [5.74, 6) is 0.593. The molecule has 0 amide bonds. The zero-order valence-corrected chi connectivity index (χ0v) is 9.40. The Morgan fingerprint density at radius 2 is 1.91 bits per heavy atom. The summed E-state index contributed by atoms with van der Waals surface area (Å²) in [7, 11) is 0. The van der Waals surface area contributed by atoms with Gasteiger partial charge in [0.25, 0.3) is 0 Å². The predicted molar refractivity (Wildman–Crippen MR) is 57.9 cm³/mol. The molecule has 0 N–H and O–H groups in total. The lowest BCUT2D eigenvalue weighted by Crippen LogP contribution is -1.81. The summed E-state index contributed by atoms with van der Waals surface area (Å²) in [6.45, 7) is 8.30. The van der Waals surface area contributed by atoms with Gasteiger partial charge < -0.3 is 0 Å². The van der Waals surface area contributed by atoms with E-state index in [0.717, 1.165) is 0 Å². The second-order valence-electron chi connectivity index (χ2n) is 2.03. The van der Waals surface area contributed by atoms with E-state index in [1.807, 2.05) is 25.4 Å². The number of hydrogen-bond donors (Lipinski definition) is 0. The van der Waals surface area contributed by atoms with Gasteiger partial charge in [-0.25, -0.2) is 4.98 Å². The maximum atomic E-state index is 4.13. The molecule has 0 fully saturated rings. The highest BCUT2D eigenvalue weighted by molar-refractivity contribution is 7.59. The Bertz CT molecular complexity index is 147. The quantitative estimate of drug-likeness (QED) is 0.663. The van der Waals surface area contributed by atoms with Crippen LogP contribution in [0.25, 0.3) is 0 Å². The molecule has 1 nitrogen and oxygen atoms in total. The minimum Gasteiger partial charge on any atom is -0.249 e. The summed E-state index contributed by atoms with van der Waals surface area (Å²) >= 11 is 1.72. The zero-order chi connectivity index (χ0) is 7.98. The third kappa shape index (κ3) is 5.27. The fraction of sp³-hybridized carbons (Fsp3) is 0.625. The minimum absolute atomic E-state index is 0. The highest BCUT2D eigenvalue weighted by Gasteiger charge is 1.97. The predicted octanol–water partition coefficient (Wildman–Crippen LogP) is 3.41. The molecule has 0 bridgehead atoms. The standard InChI is InChI=1S/C6H9NS.C2H6.H2S/c1-5(2)6-7-3-4-8-6;1-2;/h3-5H,1-2H3;1-2H3;1H2. The van der Waals surface area contributed by atoms with Crippen LogP contribution in [0.5, 0.6) is 0 Å². The van der Waals surface area contributed by atoms with Crippen LogP contribution < -0.4 is 0 Å². The first kappa shape index (κ1) is 13.6. The number of nitrogens with zero attached hydrogens (tertiary/aromatic N) is 1. The largest absolute Gasteiger partial charge is 0.249 e. The second kappa shape index (κ2) is 8.08. The minimum atomic E-state index is 0. The fourth-order valence-corrected chi connectivity index (χ4v) is 1.17. The lowest BCUT2D eigenvalue weighted by molar-refractivity contribution is 0.852. The van der Waals surface area contributed by atoms with Crippen molar-refractivity contribution in [2.45, 2.75) is 33.6 Å². The molecule has 0 saturated carbocycles. The van der Waals surface area contributed by atoms with Crippen molar-refractivity contribution in [2.24, 2.45) is 0 Å². The van der Waals surface area contributed by atoms with Crippen LogP contribution in [0.3, 0.4) is 0 Å². The highest BCUT2D eigenvalue weighted by Crippen LogP contribution is 2.15.